The van der Waals surface area contributed by atoms with Crippen LogP contribution in [0.15, 0.2) is 54.9 Å². The predicted molar refractivity (Wildman–Crippen MR) is 113 cm³/mol. The SMILES string of the molecule is N#Cc1c(NC(=O)COC(=O)c2ccncc2)sc2c1CCC(c1ccccc1)C2. The molecule has 3 aromatic rings. The zero-order chi connectivity index (χ0) is 20.9. The summed E-state index contributed by atoms with van der Waals surface area (Å²) < 4.78 is 5.06. The van der Waals surface area contributed by atoms with E-state index in [1.54, 1.807) is 0 Å². The van der Waals surface area contributed by atoms with E-state index >= 15 is 0 Å². The number of ether oxygens (including phenoxy) is 1. The van der Waals surface area contributed by atoms with Gasteiger partial charge >= 0.3 is 5.97 Å². The second-order valence-electron chi connectivity index (χ2n) is 7.03. The minimum atomic E-state index is -0.593. The van der Waals surface area contributed by atoms with Crippen LogP contribution in [0.3, 0.4) is 0 Å². The van der Waals surface area contributed by atoms with E-state index in [2.05, 4.69) is 28.5 Å². The van der Waals surface area contributed by atoms with Crippen LogP contribution in [0.4, 0.5) is 5.00 Å². The summed E-state index contributed by atoms with van der Waals surface area (Å²) in [6.45, 7) is -0.415. The van der Waals surface area contributed by atoms with Crippen molar-refractivity contribution in [3.8, 4) is 6.07 Å². The van der Waals surface area contributed by atoms with Crippen molar-refractivity contribution in [2.24, 2.45) is 0 Å². The fourth-order valence-corrected chi connectivity index (χ4v) is 4.96. The van der Waals surface area contributed by atoms with Gasteiger partial charge in [-0.1, -0.05) is 30.3 Å². The van der Waals surface area contributed by atoms with Crippen LogP contribution in [0.5, 0.6) is 0 Å². The number of esters is 1. The number of nitrogens with zero attached hydrogens (tertiary/aromatic N) is 2. The molecule has 0 saturated heterocycles. The Morgan fingerprint density at radius 3 is 2.70 bits per heavy atom. The third-order valence-electron chi connectivity index (χ3n) is 5.15. The molecule has 6 nitrogen and oxygen atoms in total. The van der Waals surface area contributed by atoms with Crippen molar-refractivity contribution < 1.29 is 14.3 Å². The largest absolute Gasteiger partial charge is 0.452 e. The van der Waals surface area contributed by atoms with Gasteiger partial charge in [0.05, 0.1) is 11.1 Å². The molecule has 1 aliphatic carbocycles. The molecule has 7 heteroatoms. The van der Waals surface area contributed by atoms with Crippen molar-refractivity contribution in [3.05, 3.63) is 82.0 Å². The number of carbonyl (C=O) groups is 2. The highest BCUT2D eigenvalue weighted by Crippen LogP contribution is 2.42. The lowest BCUT2D eigenvalue weighted by molar-refractivity contribution is -0.119. The third-order valence-corrected chi connectivity index (χ3v) is 6.32. The van der Waals surface area contributed by atoms with E-state index < -0.39 is 18.5 Å². The van der Waals surface area contributed by atoms with Gasteiger partial charge in [-0.2, -0.15) is 5.26 Å². The normalized spacial score (nSPS) is 15.0. The van der Waals surface area contributed by atoms with Gasteiger partial charge in [0.2, 0.25) is 0 Å². The zero-order valence-corrected chi connectivity index (χ0v) is 16.9. The number of fused-ring (bicyclic) bond motifs is 1. The summed E-state index contributed by atoms with van der Waals surface area (Å²) >= 11 is 1.44. The summed E-state index contributed by atoms with van der Waals surface area (Å²) in [5, 5.41) is 12.9. The highest BCUT2D eigenvalue weighted by Gasteiger charge is 2.27. The lowest BCUT2D eigenvalue weighted by Crippen LogP contribution is -2.20. The second-order valence-corrected chi connectivity index (χ2v) is 8.14. The summed E-state index contributed by atoms with van der Waals surface area (Å²) in [5.41, 5.74) is 3.17. The maximum Gasteiger partial charge on any atom is 0.338 e. The molecule has 1 atom stereocenters. The van der Waals surface area contributed by atoms with Gasteiger partial charge in [-0.25, -0.2) is 4.79 Å². The number of carbonyl (C=O) groups excluding carboxylic acids is 2. The van der Waals surface area contributed by atoms with Crippen LogP contribution in [-0.4, -0.2) is 23.5 Å². The van der Waals surface area contributed by atoms with Crippen LogP contribution in [0, 0.1) is 11.3 Å². The Morgan fingerprint density at radius 2 is 1.97 bits per heavy atom. The van der Waals surface area contributed by atoms with Gasteiger partial charge in [-0.3, -0.25) is 9.78 Å². The van der Waals surface area contributed by atoms with Crippen molar-refractivity contribution in [1.29, 1.82) is 5.26 Å². The molecular formula is C23H19N3O3S. The molecule has 2 aromatic heterocycles. The molecular weight excluding hydrogens is 398 g/mol. The van der Waals surface area contributed by atoms with Crippen molar-refractivity contribution in [3.63, 3.8) is 0 Å². The molecule has 0 fully saturated rings. The number of anilines is 1. The van der Waals surface area contributed by atoms with Gasteiger partial charge in [-0.05, 0) is 48.4 Å². The zero-order valence-electron chi connectivity index (χ0n) is 16.1. The van der Waals surface area contributed by atoms with Crippen LogP contribution < -0.4 is 5.32 Å². The molecule has 0 saturated carbocycles. The monoisotopic (exact) mass is 417 g/mol. The second kappa shape index (κ2) is 8.89. The van der Waals surface area contributed by atoms with E-state index in [-0.39, 0.29) is 0 Å². The first kappa shape index (κ1) is 19.8. The number of hydrogen-bond donors (Lipinski definition) is 1. The lowest BCUT2D eigenvalue weighted by atomic mass is 9.83. The maximum atomic E-state index is 12.3. The summed E-state index contributed by atoms with van der Waals surface area (Å²) in [6, 6.07) is 15.6. The topological polar surface area (TPSA) is 92.1 Å². The molecule has 1 amide bonds. The van der Waals surface area contributed by atoms with Crippen LogP contribution in [0.2, 0.25) is 0 Å². The Bertz CT molecular complexity index is 1100. The average Bonchev–Trinajstić information content (AvgIpc) is 3.14. The number of nitriles is 1. The predicted octanol–water partition coefficient (Wildman–Crippen LogP) is 4.08. The average molecular weight is 417 g/mol. The summed E-state index contributed by atoms with van der Waals surface area (Å²) in [5.74, 6) is -0.648. The van der Waals surface area contributed by atoms with Gasteiger partial charge in [0.25, 0.3) is 5.91 Å². The number of hydrogen-bond acceptors (Lipinski definition) is 6. The number of aromatic nitrogens is 1. The lowest BCUT2D eigenvalue weighted by Gasteiger charge is -2.22. The van der Waals surface area contributed by atoms with Gasteiger partial charge in [0, 0.05) is 17.3 Å². The summed E-state index contributed by atoms with van der Waals surface area (Å²) in [7, 11) is 0. The van der Waals surface area contributed by atoms with Crippen LogP contribution in [0.1, 0.15) is 44.3 Å². The van der Waals surface area contributed by atoms with Crippen LogP contribution in [0.25, 0.3) is 0 Å². The molecule has 0 radical (unpaired) electrons. The van der Waals surface area contributed by atoms with E-state index in [0.29, 0.717) is 22.0 Å². The number of rotatable bonds is 5. The quantitative estimate of drug-likeness (QED) is 0.632. The highest BCUT2D eigenvalue weighted by molar-refractivity contribution is 7.16. The Morgan fingerprint density at radius 1 is 1.20 bits per heavy atom. The van der Waals surface area contributed by atoms with Crippen molar-refractivity contribution in [1.82, 2.24) is 4.98 Å². The van der Waals surface area contributed by atoms with Gasteiger partial charge in [0.1, 0.15) is 11.1 Å². The molecule has 1 aromatic carbocycles. The minimum Gasteiger partial charge on any atom is -0.452 e. The standard InChI is InChI=1S/C23H19N3O3S/c24-13-19-18-7-6-17(15-4-2-1-3-5-15)12-20(18)30-22(19)26-21(27)14-29-23(28)16-8-10-25-11-9-16/h1-5,8-11,17H,6-7,12,14H2,(H,26,27). The van der Waals surface area contributed by atoms with Gasteiger partial charge in [-0.15, -0.1) is 11.3 Å². The first-order chi connectivity index (χ1) is 14.7. The summed E-state index contributed by atoms with van der Waals surface area (Å²) in [4.78, 5) is 29.3. The Labute approximate surface area is 178 Å². The molecule has 0 aliphatic heterocycles. The highest BCUT2D eigenvalue weighted by atomic mass is 32.1. The van der Waals surface area contributed by atoms with Crippen molar-refractivity contribution >= 4 is 28.2 Å². The molecule has 30 heavy (non-hydrogen) atoms. The number of pyridine rings is 1. The molecule has 1 aliphatic rings. The smallest absolute Gasteiger partial charge is 0.338 e. The molecule has 150 valence electrons. The number of benzene rings is 1. The third kappa shape index (κ3) is 4.24. The van der Waals surface area contributed by atoms with Crippen molar-refractivity contribution in [2.75, 3.05) is 11.9 Å². The number of nitrogens with one attached hydrogen (secondary N) is 1. The van der Waals surface area contributed by atoms with Crippen molar-refractivity contribution in [2.45, 2.75) is 25.2 Å². The first-order valence-electron chi connectivity index (χ1n) is 9.62. The molecule has 2 heterocycles. The van der Waals surface area contributed by atoms with E-state index in [0.717, 1.165) is 29.7 Å². The van der Waals surface area contributed by atoms with E-state index in [1.807, 2.05) is 18.2 Å². The molecule has 1 unspecified atom stereocenters. The van der Waals surface area contributed by atoms with E-state index in [1.165, 1.54) is 41.4 Å². The van der Waals surface area contributed by atoms with Crippen LogP contribution in [-0.2, 0) is 22.4 Å². The number of amides is 1. The molecule has 0 spiro atoms. The van der Waals surface area contributed by atoms with Gasteiger partial charge < -0.3 is 10.1 Å². The fourth-order valence-electron chi connectivity index (χ4n) is 3.67. The van der Waals surface area contributed by atoms with E-state index in [9.17, 15) is 14.9 Å². The number of thiophene rings is 1. The Balaban J connectivity index is 1.43. The summed E-state index contributed by atoms with van der Waals surface area (Å²) in [6.07, 6.45) is 5.59. The first-order valence-corrected chi connectivity index (χ1v) is 10.4. The Kier molecular flexibility index (Phi) is 5.87. The van der Waals surface area contributed by atoms with Gasteiger partial charge in [0.15, 0.2) is 6.61 Å². The van der Waals surface area contributed by atoms with Crippen LogP contribution >= 0.6 is 11.3 Å². The van der Waals surface area contributed by atoms with E-state index in [4.69, 9.17) is 4.74 Å². The minimum absolute atomic E-state index is 0.328. The fraction of sp³-hybridized carbons (Fsp3) is 0.217. The molecule has 4 rings (SSSR count). The maximum absolute atomic E-state index is 12.3. The molecule has 1 N–H and O–H groups in total. The Hall–Kier alpha value is -3.50. The molecule has 0 bridgehead atoms.